The van der Waals surface area contributed by atoms with Crippen molar-refractivity contribution in [3.63, 3.8) is 0 Å². The molecule has 5 nitrogen and oxygen atoms in total. The highest BCUT2D eigenvalue weighted by Crippen LogP contribution is 2.68. The van der Waals surface area contributed by atoms with Gasteiger partial charge in [-0.25, -0.2) is 0 Å². The minimum absolute atomic E-state index is 0.0458. The van der Waals surface area contributed by atoms with E-state index in [9.17, 15) is 25.2 Å². The summed E-state index contributed by atoms with van der Waals surface area (Å²) in [5, 5.41) is 43.3. The van der Waals surface area contributed by atoms with Gasteiger partial charge in [-0.15, -0.1) is 0 Å². The zero-order chi connectivity index (χ0) is 19.1. The molecular formula is C21H34O5. The Labute approximate surface area is 155 Å². The van der Waals surface area contributed by atoms with Crippen LogP contribution < -0.4 is 0 Å². The number of aliphatic hydroxyl groups is 4. The van der Waals surface area contributed by atoms with Crippen molar-refractivity contribution in [3.05, 3.63) is 0 Å². The van der Waals surface area contributed by atoms with Crippen LogP contribution in [0.4, 0.5) is 0 Å². The molecule has 0 aromatic carbocycles. The predicted molar refractivity (Wildman–Crippen MR) is 96.1 cm³/mol. The highest BCUT2D eigenvalue weighted by molar-refractivity contribution is 5.86. The zero-order valence-electron chi connectivity index (χ0n) is 16.2. The van der Waals surface area contributed by atoms with Crippen LogP contribution in [-0.2, 0) is 4.79 Å². The highest BCUT2D eigenvalue weighted by atomic mass is 16.3. The Morgan fingerprint density at radius 2 is 1.54 bits per heavy atom. The van der Waals surface area contributed by atoms with Gasteiger partial charge in [0, 0.05) is 5.41 Å². The number of rotatable bonds is 1. The SMILES string of the molecule is CC(=O)[C@@]1(O)CC[C@H]2[C@@H]3[C@@H](O)[C@@H](O)[C@H]4C[C@H](O)CC[C@]4(C)[C@H]3CC[C@@]21C. The van der Waals surface area contributed by atoms with Crippen molar-refractivity contribution in [1.82, 2.24) is 0 Å². The van der Waals surface area contributed by atoms with Crippen LogP contribution in [0, 0.1) is 34.5 Å². The van der Waals surface area contributed by atoms with Gasteiger partial charge in [-0.05, 0) is 81.0 Å². The molecule has 0 unspecified atom stereocenters. The maximum Gasteiger partial charge on any atom is 0.161 e. The van der Waals surface area contributed by atoms with Gasteiger partial charge in [-0.3, -0.25) is 4.79 Å². The summed E-state index contributed by atoms with van der Waals surface area (Å²) in [7, 11) is 0. The van der Waals surface area contributed by atoms with E-state index in [0.29, 0.717) is 12.8 Å². The second-order valence-electron chi connectivity index (χ2n) is 10.2. The lowest BCUT2D eigenvalue weighted by Gasteiger charge is -2.63. The molecule has 0 amide bonds. The third-order valence-electron chi connectivity index (χ3n) is 9.46. The second kappa shape index (κ2) is 5.76. The molecule has 4 aliphatic rings. The van der Waals surface area contributed by atoms with E-state index in [2.05, 4.69) is 6.92 Å². The minimum atomic E-state index is -1.31. The van der Waals surface area contributed by atoms with E-state index in [1.54, 1.807) is 0 Å². The maximum absolute atomic E-state index is 12.3. The first-order chi connectivity index (χ1) is 12.1. The topological polar surface area (TPSA) is 98.0 Å². The Morgan fingerprint density at radius 1 is 0.885 bits per heavy atom. The van der Waals surface area contributed by atoms with Crippen molar-refractivity contribution in [2.24, 2.45) is 34.5 Å². The van der Waals surface area contributed by atoms with Crippen molar-refractivity contribution in [1.29, 1.82) is 0 Å². The lowest BCUT2D eigenvalue weighted by Crippen LogP contribution is -2.65. The van der Waals surface area contributed by atoms with Crippen LogP contribution in [0.3, 0.4) is 0 Å². The minimum Gasteiger partial charge on any atom is -0.393 e. The monoisotopic (exact) mass is 366 g/mol. The molecule has 0 aliphatic heterocycles. The fourth-order valence-electron chi connectivity index (χ4n) is 7.84. The number of Topliss-reactive ketones (excluding diaryl/α,β-unsaturated/α-hetero) is 1. The molecule has 0 heterocycles. The van der Waals surface area contributed by atoms with E-state index in [4.69, 9.17) is 0 Å². The fraction of sp³-hybridized carbons (Fsp3) is 0.952. The molecule has 4 aliphatic carbocycles. The van der Waals surface area contributed by atoms with Crippen LogP contribution in [-0.4, -0.2) is 50.1 Å². The molecule has 4 fully saturated rings. The molecule has 4 saturated carbocycles. The fourth-order valence-corrected chi connectivity index (χ4v) is 7.84. The number of aliphatic hydroxyl groups excluding tert-OH is 3. The molecule has 0 radical (unpaired) electrons. The molecule has 0 spiro atoms. The summed E-state index contributed by atoms with van der Waals surface area (Å²) >= 11 is 0. The first kappa shape index (κ1) is 18.9. The van der Waals surface area contributed by atoms with Crippen LogP contribution in [0.1, 0.15) is 65.7 Å². The van der Waals surface area contributed by atoms with Gasteiger partial charge in [-0.2, -0.15) is 0 Å². The number of ketones is 1. The molecule has 5 heteroatoms. The molecule has 0 aromatic rings. The van der Waals surface area contributed by atoms with E-state index >= 15 is 0 Å². The number of carbonyl (C=O) groups excluding carboxylic acids is 1. The predicted octanol–water partition coefficient (Wildman–Crippen LogP) is 1.65. The Bertz CT molecular complexity index is 607. The van der Waals surface area contributed by atoms with E-state index in [1.165, 1.54) is 6.92 Å². The summed E-state index contributed by atoms with van der Waals surface area (Å²) in [5.74, 6) is -0.0274. The number of hydrogen-bond acceptors (Lipinski definition) is 5. The largest absolute Gasteiger partial charge is 0.393 e. The van der Waals surface area contributed by atoms with Crippen LogP contribution >= 0.6 is 0 Å². The Hall–Kier alpha value is -0.490. The van der Waals surface area contributed by atoms with E-state index in [1.807, 2.05) is 6.92 Å². The van der Waals surface area contributed by atoms with Gasteiger partial charge in [0.05, 0.1) is 18.3 Å². The van der Waals surface area contributed by atoms with Gasteiger partial charge >= 0.3 is 0 Å². The summed E-state index contributed by atoms with van der Waals surface area (Å²) in [6, 6.07) is 0. The van der Waals surface area contributed by atoms with E-state index in [-0.39, 0.29) is 34.9 Å². The molecule has 0 saturated heterocycles. The Morgan fingerprint density at radius 3 is 2.19 bits per heavy atom. The van der Waals surface area contributed by atoms with Crippen LogP contribution in [0.25, 0.3) is 0 Å². The summed E-state index contributed by atoms with van der Waals surface area (Å²) in [6.45, 7) is 5.72. The van der Waals surface area contributed by atoms with Gasteiger partial charge in [-0.1, -0.05) is 13.8 Å². The summed E-state index contributed by atoms with van der Waals surface area (Å²) in [6.07, 6.45) is 2.90. The lowest BCUT2D eigenvalue weighted by molar-refractivity contribution is -0.230. The number of fused-ring (bicyclic) bond motifs is 5. The quantitative estimate of drug-likeness (QED) is 0.566. The van der Waals surface area contributed by atoms with Crippen LogP contribution in [0.15, 0.2) is 0 Å². The molecular weight excluding hydrogens is 332 g/mol. The Kier molecular flexibility index (Phi) is 4.17. The summed E-state index contributed by atoms with van der Waals surface area (Å²) < 4.78 is 0. The first-order valence-electron chi connectivity index (χ1n) is 10.3. The molecule has 0 aromatic heterocycles. The van der Waals surface area contributed by atoms with Gasteiger partial charge < -0.3 is 20.4 Å². The van der Waals surface area contributed by atoms with Crippen molar-refractivity contribution < 1.29 is 25.2 Å². The summed E-state index contributed by atoms with van der Waals surface area (Å²) in [4.78, 5) is 12.3. The van der Waals surface area contributed by atoms with Crippen molar-refractivity contribution in [2.45, 2.75) is 89.6 Å². The maximum atomic E-state index is 12.3. The molecule has 0 bridgehead atoms. The van der Waals surface area contributed by atoms with Gasteiger partial charge in [0.2, 0.25) is 0 Å². The first-order valence-corrected chi connectivity index (χ1v) is 10.3. The van der Waals surface area contributed by atoms with Crippen LogP contribution in [0.2, 0.25) is 0 Å². The summed E-state index contributed by atoms with van der Waals surface area (Å²) in [5.41, 5.74) is -1.94. The third kappa shape index (κ3) is 2.15. The number of hydrogen-bond donors (Lipinski definition) is 4. The molecule has 4 N–H and O–H groups in total. The van der Waals surface area contributed by atoms with Crippen LogP contribution in [0.5, 0.6) is 0 Å². The second-order valence-corrected chi connectivity index (χ2v) is 10.2. The molecule has 4 rings (SSSR count). The highest BCUT2D eigenvalue weighted by Gasteiger charge is 2.69. The standard InChI is InChI=1S/C21H34O5/c1-11(22)21(26)9-6-14-16-13(5-8-20(14,21)3)19(2)7-4-12(23)10-15(19)17(24)18(16)25/h12-18,23-26H,4-10H2,1-3H3/t12-,13+,14+,15-,16-,17+,18-,19-,20+,21+/m1/s1. The van der Waals surface area contributed by atoms with Crippen molar-refractivity contribution in [3.8, 4) is 0 Å². The van der Waals surface area contributed by atoms with Crippen molar-refractivity contribution >= 4 is 5.78 Å². The van der Waals surface area contributed by atoms with Gasteiger partial charge in [0.1, 0.15) is 5.60 Å². The van der Waals surface area contributed by atoms with Gasteiger partial charge in [0.25, 0.3) is 0 Å². The zero-order valence-corrected chi connectivity index (χ0v) is 16.2. The van der Waals surface area contributed by atoms with Gasteiger partial charge in [0.15, 0.2) is 5.78 Å². The van der Waals surface area contributed by atoms with E-state index in [0.717, 1.165) is 32.1 Å². The van der Waals surface area contributed by atoms with E-state index < -0.39 is 29.3 Å². The van der Waals surface area contributed by atoms with Crippen molar-refractivity contribution in [2.75, 3.05) is 0 Å². The molecule has 10 atom stereocenters. The normalized spacial score (nSPS) is 59.3. The smallest absolute Gasteiger partial charge is 0.161 e. The molecule has 148 valence electrons. The molecule has 26 heavy (non-hydrogen) atoms. The third-order valence-corrected chi connectivity index (χ3v) is 9.46. The number of carbonyl (C=O) groups is 1. The Balaban J connectivity index is 1.73. The average Bonchev–Trinajstić information content (AvgIpc) is 2.87. The lowest BCUT2D eigenvalue weighted by atomic mass is 9.43. The average molecular weight is 366 g/mol.